The minimum Gasteiger partial charge on any atom is -0.400 e. The van der Waals surface area contributed by atoms with Crippen molar-refractivity contribution in [1.29, 1.82) is 5.26 Å². The molecular weight excluding hydrogens is 225 g/mol. The zero-order chi connectivity index (χ0) is 12.3. The normalized spacial score (nSPS) is 10.9. The van der Waals surface area contributed by atoms with Crippen LogP contribution >= 0.6 is 0 Å². The van der Waals surface area contributed by atoms with Crippen molar-refractivity contribution in [3.63, 3.8) is 0 Å². The number of ether oxygens (including phenoxy) is 1. The van der Waals surface area contributed by atoms with Crippen molar-refractivity contribution in [2.45, 2.75) is 19.7 Å². The van der Waals surface area contributed by atoms with Gasteiger partial charge in [-0.3, -0.25) is 4.79 Å². The number of H-pyrrole nitrogens is 1. The van der Waals surface area contributed by atoms with Crippen LogP contribution in [0.15, 0.2) is 11.0 Å². The average molecular weight is 232 g/mol. The number of nitriles is 1. The van der Waals surface area contributed by atoms with Crippen molar-refractivity contribution in [2.75, 3.05) is 0 Å². The molecule has 0 fully saturated rings. The molecular formula is C9H7F3N2O2. The second-order valence-corrected chi connectivity index (χ2v) is 2.98. The van der Waals surface area contributed by atoms with Crippen LogP contribution in [0.1, 0.15) is 11.1 Å². The average Bonchev–Trinajstić information content (AvgIpc) is 2.16. The lowest BCUT2D eigenvalue weighted by molar-refractivity contribution is -0.275. The molecule has 0 radical (unpaired) electrons. The number of rotatable bonds is 2. The van der Waals surface area contributed by atoms with Crippen LogP contribution in [0.3, 0.4) is 0 Å². The van der Waals surface area contributed by atoms with Crippen LogP contribution in [0, 0.1) is 18.3 Å². The molecule has 0 unspecified atom stereocenters. The summed E-state index contributed by atoms with van der Waals surface area (Å²) >= 11 is 0. The molecule has 1 aromatic rings. The molecule has 0 aromatic carbocycles. The van der Waals surface area contributed by atoms with E-state index in [1.54, 1.807) is 6.07 Å². The monoisotopic (exact) mass is 232 g/mol. The van der Waals surface area contributed by atoms with Crippen molar-refractivity contribution < 1.29 is 17.9 Å². The van der Waals surface area contributed by atoms with Gasteiger partial charge in [-0.15, -0.1) is 13.2 Å². The van der Waals surface area contributed by atoms with Crippen LogP contribution in [0.2, 0.25) is 0 Å². The summed E-state index contributed by atoms with van der Waals surface area (Å²) in [6.07, 6.45) is -3.83. The van der Waals surface area contributed by atoms with E-state index in [1.165, 1.54) is 13.1 Å². The zero-order valence-corrected chi connectivity index (χ0v) is 8.18. The van der Waals surface area contributed by atoms with E-state index in [2.05, 4.69) is 9.72 Å². The van der Waals surface area contributed by atoms with E-state index in [-0.39, 0.29) is 12.0 Å². The lowest BCUT2D eigenvalue weighted by Gasteiger charge is -2.11. The SMILES string of the molecule is Cc1c(CC#N)c[nH]c(=O)c1OC(F)(F)F. The first-order valence-electron chi connectivity index (χ1n) is 4.19. The van der Waals surface area contributed by atoms with Crippen molar-refractivity contribution in [3.8, 4) is 11.8 Å². The highest BCUT2D eigenvalue weighted by atomic mass is 19.4. The molecule has 0 aliphatic carbocycles. The van der Waals surface area contributed by atoms with Crippen LogP contribution in [-0.4, -0.2) is 11.3 Å². The molecule has 1 N–H and O–H groups in total. The van der Waals surface area contributed by atoms with Gasteiger partial charge in [0.15, 0.2) is 5.75 Å². The van der Waals surface area contributed by atoms with Crippen molar-refractivity contribution in [2.24, 2.45) is 0 Å². The van der Waals surface area contributed by atoms with Gasteiger partial charge in [0.1, 0.15) is 0 Å². The Bertz CT molecular complexity index is 485. The van der Waals surface area contributed by atoms with E-state index in [1.807, 2.05) is 0 Å². The second kappa shape index (κ2) is 4.26. The van der Waals surface area contributed by atoms with Gasteiger partial charge in [-0.25, -0.2) is 0 Å². The summed E-state index contributed by atoms with van der Waals surface area (Å²) in [5, 5.41) is 8.43. The summed E-state index contributed by atoms with van der Waals surface area (Å²) in [4.78, 5) is 13.2. The summed E-state index contributed by atoms with van der Waals surface area (Å²) in [5.74, 6) is -0.819. The number of nitrogens with zero attached hydrogens (tertiary/aromatic N) is 1. The van der Waals surface area contributed by atoms with Crippen molar-refractivity contribution >= 4 is 0 Å². The Labute approximate surface area is 88.3 Å². The maximum Gasteiger partial charge on any atom is 0.573 e. The fourth-order valence-corrected chi connectivity index (χ4v) is 1.15. The Morgan fingerprint density at radius 1 is 1.56 bits per heavy atom. The van der Waals surface area contributed by atoms with E-state index in [4.69, 9.17) is 5.26 Å². The lowest BCUT2D eigenvalue weighted by Crippen LogP contribution is -2.24. The minimum absolute atomic E-state index is 0.0163. The predicted octanol–water partition coefficient (Wildman–Crippen LogP) is 1.65. The number of hydrogen-bond acceptors (Lipinski definition) is 3. The maximum atomic E-state index is 12.0. The molecule has 16 heavy (non-hydrogen) atoms. The zero-order valence-electron chi connectivity index (χ0n) is 8.18. The van der Waals surface area contributed by atoms with Gasteiger partial charge in [-0.1, -0.05) is 0 Å². The van der Waals surface area contributed by atoms with Crippen LogP contribution in [0.4, 0.5) is 13.2 Å². The number of hydrogen-bond donors (Lipinski definition) is 1. The molecule has 0 bridgehead atoms. The Hall–Kier alpha value is -1.97. The smallest absolute Gasteiger partial charge is 0.400 e. The number of pyridine rings is 1. The maximum absolute atomic E-state index is 12.0. The number of aromatic nitrogens is 1. The topological polar surface area (TPSA) is 65.9 Å². The molecule has 0 spiro atoms. The van der Waals surface area contributed by atoms with E-state index >= 15 is 0 Å². The second-order valence-electron chi connectivity index (χ2n) is 2.98. The molecule has 86 valence electrons. The minimum atomic E-state index is -4.93. The van der Waals surface area contributed by atoms with Crippen molar-refractivity contribution in [1.82, 2.24) is 4.98 Å². The molecule has 0 aliphatic rings. The third-order valence-corrected chi connectivity index (χ3v) is 1.89. The largest absolute Gasteiger partial charge is 0.573 e. The molecule has 0 atom stereocenters. The highest BCUT2D eigenvalue weighted by Gasteiger charge is 2.33. The number of nitrogens with one attached hydrogen (secondary N) is 1. The Balaban J connectivity index is 3.23. The summed E-state index contributed by atoms with van der Waals surface area (Å²) in [6.45, 7) is 1.29. The van der Waals surface area contributed by atoms with Gasteiger partial charge in [0, 0.05) is 11.8 Å². The molecule has 1 rings (SSSR count). The molecule has 0 amide bonds. The predicted molar refractivity (Wildman–Crippen MR) is 47.8 cm³/mol. The van der Waals surface area contributed by atoms with Crippen molar-refractivity contribution in [3.05, 3.63) is 27.7 Å². The van der Waals surface area contributed by atoms with E-state index in [0.717, 1.165) is 0 Å². The van der Waals surface area contributed by atoms with E-state index in [9.17, 15) is 18.0 Å². The number of halogens is 3. The third-order valence-electron chi connectivity index (χ3n) is 1.89. The summed E-state index contributed by atoms with van der Waals surface area (Å²) < 4.78 is 39.5. The Morgan fingerprint density at radius 3 is 2.69 bits per heavy atom. The Morgan fingerprint density at radius 2 is 2.19 bits per heavy atom. The van der Waals surface area contributed by atoms with E-state index in [0.29, 0.717) is 5.56 Å². The van der Waals surface area contributed by atoms with E-state index < -0.39 is 17.7 Å². The molecule has 0 saturated carbocycles. The van der Waals surface area contributed by atoms with Gasteiger partial charge in [0.05, 0.1) is 12.5 Å². The molecule has 1 aromatic heterocycles. The molecule has 4 nitrogen and oxygen atoms in total. The fourth-order valence-electron chi connectivity index (χ4n) is 1.15. The van der Waals surface area contributed by atoms with Gasteiger partial charge >= 0.3 is 6.36 Å². The number of alkyl halides is 3. The molecule has 1 heterocycles. The third kappa shape index (κ3) is 2.76. The lowest BCUT2D eigenvalue weighted by atomic mass is 10.1. The van der Waals surface area contributed by atoms with Gasteiger partial charge in [-0.05, 0) is 12.5 Å². The van der Waals surface area contributed by atoms with Gasteiger partial charge in [0.2, 0.25) is 0 Å². The first-order chi connectivity index (χ1) is 7.35. The number of aromatic amines is 1. The van der Waals surface area contributed by atoms with Gasteiger partial charge in [0.25, 0.3) is 5.56 Å². The molecule has 0 aliphatic heterocycles. The highest BCUT2D eigenvalue weighted by Crippen LogP contribution is 2.24. The van der Waals surface area contributed by atoms with Crippen LogP contribution in [-0.2, 0) is 6.42 Å². The summed E-state index contributed by atoms with van der Waals surface area (Å²) in [7, 11) is 0. The first-order valence-corrected chi connectivity index (χ1v) is 4.19. The van der Waals surface area contributed by atoms with Crippen LogP contribution in [0.25, 0.3) is 0 Å². The Kier molecular flexibility index (Phi) is 3.22. The quantitative estimate of drug-likeness (QED) is 0.842. The summed E-state index contributed by atoms with van der Waals surface area (Å²) in [5.41, 5.74) is -0.666. The van der Waals surface area contributed by atoms with Gasteiger partial charge < -0.3 is 9.72 Å². The van der Waals surface area contributed by atoms with Crippen LogP contribution in [0.5, 0.6) is 5.75 Å². The molecule has 0 saturated heterocycles. The van der Waals surface area contributed by atoms with Crippen LogP contribution < -0.4 is 10.3 Å². The standard InChI is InChI=1S/C9H7F3N2O2/c1-5-6(2-3-13)4-14-8(15)7(5)16-9(10,11)12/h4H,2H2,1H3,(H,14,15). The van der Waals surface area contributed by atoms with Gasteiger partial charge in [-0.2, -0.15) is 5.26 Å². The summed E-state index contributed by atoms with van der Waals surface area (Å²) in [6, 6.07) is 1.78. The highest BCUT2D eigenvalue weighted by molar-refractivity contribution is 5.37. The molecule has 7 heteroatoms. The fraction of sp³-hybridized carbons (Fsp3) is 0.333. The first kappa shape index (κ1) is 12.1.